The molecule has 1 saturated carbocycles. The minimum atomic E-state index is -0.368. The average molecular weight is 239 g/mol. The van der Waals surface area contributed by atoms with Crippen LogP contribution in [0.4, 0.5) is 0 Å². The molecule has 2 atom stereocenters. The van der Waals surface area contributed by atoms with Gasteiger partial charge in [0.05, 0.1) is 6.54 Å². The van der Waals surface area contributed by atoms with Crippen LogP contribution >= 0.6 is 0 Å². The number of nitrogens with one attached hydrogen (secondary N) is 3. The first-order valence-corrected chi connectivity index (χ1v) is 5.81. The molecule has 5 N–H and O–H groups in total. The summed E-state index contributed by atoms with van der Waals surface area (Å²) in [5.41, 5.74) is 5.52. The second-order valence-electron chi connectivity index (χ2n) is 4.46. The zero-order chi connectivity index (χ0) is 12.3. The third kappa shape index (κ3) is 3.16. The molecule has 0 bridgehead atoms. The van der Waals surface area contributed by atoms with Crippen molar-refractivity contribution in [2.45, 2.75) is 38.3 Å². The van der Waals surface area contributed by atoms with E-state index in [0.29, 0.717) is 12.2 Å². The van der Waals surface area contributed by atoms with Gasteiger partial charge in [-0.05, 0) is 18.8 Å². The summed E-state index contributed by atoms with van der Waals surface area (Å²) in [6.45, 7) is 0.236. The quantitative estimate of drug-likeness (QED) is 0.552. The maximum atomic E-state index is 11.6. The summed E-state index contributed by atoms with van der Waals surface area (Å²) in [6.07, 6.45) is 3.58. The highest BCUT2D eigenvalue weighted by molar-refractivity contribution is 5.76. The summed E-state index contributed by atoms with van der Waals surface area (Å²) in [4.78, 5) is 24.9. The topological polar surface area (TPSA) is 117 Å². The first-order chi connectivity index (χ1) is 8.15. The van der Waals surface area contributed by atoms with E-state index in [4.69, 9.17) is 5.73 Å². The molecule has 1 aromatic rings. The lowest BCUT2D eigenvalue weighted by Crippen LogP contribution is -2.31. The largest absolute Gasteiger partial charge is 0.349 e. The van der Waals surface area contributed by atoms with E-state index in [1.807, 2.05) is 0 Å². The minimum absolute atomic E-state index is 0.0452. The number of nitrogens with zero attached hydrogens (tertiary/aromatic N) is 1. The van der Waals surface area contributed by atoms with Gasteiger partial charge in [-0.3, -0.25) is 9.78 Å². The molecule has 94 valence electrons. The zero-order valence-corrected chi connectivity index (χ0v) is 9.53. The van der Waals surface area contributed by atoms with Crippen molar-refractivity contribution in [3.05, 3.63) is 16.3 Å². The van der Waals surface area contributed by atoms with Gasteiger partial charge in [-0.2, -0.15) is 5.10 Å². The fourth-order valence-corrected chi connectivity index (χ4v) is 2.20. The lowest BCUT2D eigenvalue weighted by Gasteiger charge is -2.14. The Kier molecular flexibility index (Phi) is 3.58. The van der Waals surface area contributed by atoms with E-state index in [2.05, 4.69) is 20.5 Å². The fourth-order valence-electron chi connectivity index (χ4n) is 2.20. The third-order valence-electron chi connectivity index (χ3n) is 3.17. The summed E-state index contributed by atoms with van der Waals surface area (Å²) in [5.74, 6) is 0.670. The number of rotatable bonds is 4. The van der Waals surface area contributed by atoms with Gasteiger partial charge in [-0.1, -0.05) is 6.42 Å². The van der Waals surface area contributed by atoms with Crippen LogP contribution in [0, 0.1) is 5.92 Å². The van der Waals surface area contributed by atoms with Gasteiger partial charge in [0.2, 0.25) is 5.91 Å². The number of nitrogens with two attached hydrogens (primary N) is 1. The van der Waals surface area contributed by atoms with Crippen LogP contribution in [0.15, 0.2) is 4.79 Å². The molecule has 0 radical (unpaired) electrons. The Hall–Kier alpha value is -1.63. The molecule has 7 nitrogen and oxygen atoms in total. The number of carbonyl (C=O) groups is 1. The van der Waals surface area contributed by atoms with Gasteiger partial charge in [0.15, 0.2) is 0 Å². The fraction of sp³-hybridized carbons (Fsp3) is 0.700. The van der Waals surface area contributed by atoms with Gasteiger partial charge in [-0.25, -0.2) is 9.89 Å². The summed E-state index contributed by atoms with van der Waals surface area (Å²) in [7, 11) is 0. The molecule has 1 heterocycles. The standard InChI is InChI=1S/C10H17N5O2/c11-7-3-1-2-6(7)4-9(16)12-5-8-13-10(17)15-14-8/h6-7H,1-5,11H2,(H,12,16)(H2,13,14,15,17)/t6-,7+/m0/s1. The van der Waals surface area contributed by atoms with Crippen LogP contribution in [0.3, 0.4) is 0 Å². The van der Waals surface area contributed by atoms with Crippen molar-refractivity contribution in [1.29, 1.82) is 0 Å². The van der Waals surface area contributed by atoms with Crippen LogP contribution in [0.2, 0.25) is 0 Å². The number of amides is 1. The average Bonchev–Trinajstić information content (AvgIpc) is 2.86. The first-order valence-electron chi connectivity index (χ1n) is 5.81. The van der Waals surface area contributed by atoms with Crippen molar-refractivity contribution < 1.29 is 4.79 Å². The summed E-state index contributed by atoms with van der Waals surface area (Å²) in [5, 5.41) is 8.65. The molecule has 0 aromatic carbocycles. The molecule has 0 unspecified atom stereocenters. The Labute approximate surface area is 98.2 Å². The van der Waals surface area contributed by atoms with E-state index in [9.17, 15) is 9.59 Å². The number of aromatic amines is 2. The van der Waals surface area contributed by atoms with Crippen LogP contribution in [0.1, 0.15) is 31.5 Å². The summed E-state index contributed by atoms with van der Waals surface area (Å²) < 4.78 is 0. The van der Waals surface area contributed by atoms with Crippen molar-refractivity contribution >= 4 is 5.91 Å². The maximum Gasteiger partial charge on any atom is 0.340 e. The molecule has 7 heteroatoms. The Morgan fingerprint density at radius 3 is 2.94 bits per heavy atom. The molecule has 0 aliphatic heterocycles. The molecule has 1 amide bonds. The molecule has 0 spiro atoms. The van der Waals surface area contributed by atoms with Crippen molar-refractivity contribution in [1.82, 2.24) is 20.5 Å². The molecule has 1 aromatic heterocycles. The molecule has 1 aliphatic rings. The van der Waals surface area contributed by atoms with E-state index in [0.717, 1.165) is 19.3 Å². The van der Waals surface area contributed by atoms with E-state index >= 15 is 0 Å². The molecule has 1 aliphatic carbocycles. The molecule has 17 heavy (non-hydrogen) atoms. The number of H-pyrrole nitrogens is 2. The smallest absolute Gasteiger partial charge is 0.340 e. The van der Waals surface area contributed by atoms with Crippen LogP contribution in [0.25, 0.3) is 0 Å². The second-order valence-corrected chi connectivity index (χ2v) is 4.46. The van der Waals surface area contributed by atoms with Crippen LogP contribution in [-0.2, 0) is 11.3 Å². The molecule has 1 fully saturated rings. The van der Waals surface area contributed by atoms with Crippen LogP contribution in [-0.4, -0.2) is 27.1 Å². The van der Waals surface area contributed by atoms with Gasteiger partial charge in [0, 0.05) is 12.5 Å². The van der Waals surface area contributed by atoms with E-state index < -0.39 is 0 Å². The highest BCUT2D eigenvalue weighted by atomic mass is 16.2. The zero-order valence-electron chi connectivity index (χ0n) is 9.53. The van der Waals surface area contributed by atoms with Gasteiger partial charge in [0.1, 0.15) is 5.82 Å². The number of carbonyl (C=O) groups excluding carboxylic acids is 1. The van der Waals surface area contributed by atoms with E-state index in [1.165, 1.54) is 0 Å². The summed E-state index contributed by atoms with van der Waals surface area (Å²) >= 11 is 0. The Bertz CT molecular complexity index is 438. The second kappa shape index (κ2) is 5.13. The van der Waals surface area contributed by atoms with Crippen molar-refractivity contribution in [3.63, 3.8) is 0 Å². The minimum Gasteiger partial charge on any atom is -0.349 e. The van der Waals surface area contributed by atoms with Crippen LogP contribution < -0.4 is 16.7 Å². The predicted octanol–water partition coefficient (Wildman–Crippen LogP) is -0.768. The third-order valence-corrected chi connectivity index (χ3v) is 3.17. The Balaban J connectivity index is 1.76. The Morgan fingerprint density at radius 2 is 2.35 bits per heavy atom. The SMILES string of the molecule is N[C@@H]1CCC[C@H]1CC(=O)NCc1n[nH]c(=O)[nH]1. The van der Waals surface area contributed by atoms with Crippen molar-refractivity contribution in [2.75, 3.05) is 0 Å². The number of hydrogen-bond acceptors (Lipinski definition) is 4. The predicted molar refractivity (Wildman–Crippen MR) is 61.0 cm³/mol. The monoisotopic (exact) mass is 239 g/mol. The van der Waals surface area contributed by atoms with Gasteiger partial charge >= 0.3 is 5.69 Å². The first kappa shape index (κ1) is 11.8. The lowest BCUT2D eigenvalue weighted by atomic mass is 10.00. The van der Waals surface area contributed by atoms with Crippen molar-refractivity contribution in [2.24, 2.45) is 11.7 Å². The van der Waals surface area contributed by atoms with Gasteiger partial charge < -0.3 is 11.1 Å². The number of hydrogen-bond donors (Lipinski definition) is 4. The molecule has 0 saturated heterocycles. The summed E-state index contributed by atoms with van der Waals surface area (Å²) in [6, 6.07) is 0.144. The number of aromatic nitrogens is 3. The van der Waals surface area contributed by atoms with Gasteiger partial charge in [0.25, 0.3) is 0 Å². The molecular formula is C10H17N5O2. The molecule has 2 rings (SSSR count). The van der Waals surface area contributed by atoms with E-state index in [1.54, 1.807) is 0 Å². The van der Waals surface area contributed by atoms with Crippen LogP contribution in [0.5, 0.6) is 0 Å². The van der Waals surface area contributed by atoms with E-state index in [-0.39, 0.29) is 30.1 Å². The van der Waals surface area contributed by atoms with Gasteiger partial charge in [-0.15, -0.1) is 0 Å². The highest BCUT2D eigenvalue weighted by Crippen LogP contribution is 2.26. The normalized spacial score (nSPS) is 23.8. The highest BCUT2D eigenvalue weighted by Gasteiger charge is 2.25. The Morgan fingerprint density at radius 1 is 1.53 bits per heavy atom. The molecular weight excluding hydrogens is 222 g/mol. The maximum absolute atomic E-state index is 11.6. The lowest BCUT2D eigenvalue weighted by molar-refractivity contribution is -0.122. The van der Waals surface area contributed by atoms with Crippen molar-refractivity contribution in [3.8, 4) is 0 Å².